The number of amides is 1. The van der Waals surface area contributed by atoms with Gasteiger partial charge in [0.25, 0.3) is 5.91 Å². The number of hydrogen-bond donors (Lipinski definition) is 2. The Bertz CT molecular complexity index is 465. The van der Waals surface area contributed by atoms with Gasteiger partial charge in [0.2, 0.25) is 0 Å². The maximum atomic E-state index is 12.6. The van der Waals surface area contributed by atoms with Crippen LogP contribution in [0.25, 0.3) is 0 Å². The quantitative estimate of drug-likeness (QED) is 0.868. The molecule has 0 bridgehead atoms. The van der Waals surface area contributed by atoms with Crippen LogP contribution in [0, 0.1) is 0 Å². The highest BCUT2D eigenvalue weighted by molar-refractivity contribution is 7.10. The van der Waals surface area contributed by atoms with E-state index >= 15 is 0 Å². The van der Waals surface area contributed by atoms with Crippen molar-refractivity contribution >= 4 is 29.7 Å². The first-order valence-electron chi connectivity index (χ1n) is 7.60. The van der Waals surface area contributed by atoms with Gasteiger partial charge in [-0.05, 0) is 30.7 Å². The molecule has 1 aromatic rings. The zero-order valence-corrected chi connectivity index (χ0v) is 14.1. The van der Waals surface area contributed by atoms with E-state index in [1.54, 1.807) is 11.3 Å². The molecule has 3 rings (SSSR count). The van der Waals surface area contributed by atoms with Crippen LogP contribution >= 0.6 is 23.7 Å². The van der Waals surface area contributed by atoms with E-state index in [9.17, 15) is 9.90 Å². The van der Waals surface area contributed by atoms with Crippen LogP contribution < -0.4 is 5.32 Å². The van der Waals surface area contributed by atoms with E-state index in [-0.39, 0.29) is 30.5 Å². The molecule has 0 spiro atoms. The Kier molecular flexibility index (Phi) is 6.65. The van der Waals surface area contributed by atoms with Crippen LogP contribution in [0.4, 0.5) is 0 Å². The number of hydrogen-bond acceptors (Lipinski definition) is 5. The monoisotopic (exact) mass is 346 g/mol. The molecule has 7 heteroatoms. The van der Waals surface area contributed by atoms with Gasteiger partial charge in [-0.3, -0.25) is 4.79 Å². The van der Waals surface area contributed by atoms with Crippen molar-refractivity contribution in [1.82, 2.24) is 10.2 Å². The Hall–Kier alpha value is -0.660. The molecule has 3 unspecified atom stereocenters. The molecule has 3 atom stereocenters. The van der Waals surface area contributed by atoms with Crippen molar-refractivity contribution in [2.24, 2.45) is 0 Å². The number of carbonyl (C=O) groups excluding carboxylic acids is 1. The van der Waals surface area contributed by atoms with Crippen molar-refractivity contribution in [3.8, 4) is 0 Å². The number of nitrogens with zero attached hydrogens (tertiary/aromatic N) is 1. The van der Waals surface area contributed by atoms with Crippen LogP contribution in [-0.4, -0.2) is 54.3 Å². The summed E-state index contributed by atoms with van der Waals surface area (Å²) >= 11 is 1.56. The third-order valence-electron chi connectivity index (χ3n) is 4.23. The van der Waals surface area contributed by atoms with Gasteiger partial charge in [-0.2, -0.15) is 0 Å². The summed E-state index contributed by atoms with van der Waals surface area (Å²) in [5.41, 5.74) is 0. The van der Waals surface area contributed by atoms with Crippen LogP contribution in [-0.2, 0) is 9.53 Å². The summed E-state index contributed by atoms with van der Waals surface area (Å²) in [5.74, 6) is 0.0723. The molecule has 2 aliphatic rings. The van der Waals surface area contributed by atoms with E-state index in [1.165, 1.54) is 0 Å². The smallest absolute Gasteiger partial charge is 0.253 e. The van der Waals surface area contributed by atoms with Crippen molar-refractivity contribution in [3.05, 3.63) is 22.4 Å². The Morgan fingerprint density at radius 2 is 2.45 bits per heavy atom. The number of ether oxygens (including phenoxy) is 1. The van der Waals surface area contributed by atoms with Crippen molar-refractivity contribution in [1.29, 1.82) is 0 Å². The molecule has 1 aromatic heterocycles. The summed E-state index contributed by atoms with van der Waals surface area (Å²) in [4.78, 5) is 15.4. The molecule has 2 saturated heterocycles. The highest BCUT2D eigenvalue weighted by Gasteiger charge is 2.35. The average Bonchev–Trinajstić information content (AvgIpc) is 3.19. The van der Waals surface area contributed by atoms with Gasteiger partial charge in [0.15, 0.2) is 0 Å². The van der Waals surface area contributed by atoms with Crippen molar-refractivity contribution in [3.63, 3.8) is 0 Å². The van der Waals surface area contributed by atoms with Gasteiger partial charge >= 0.3 is 0 Å². The maximum Gasteiger partial charge on any atom is 0.253 e. The predicted octanol–water partition coefficient (Wildman–Crippen LogP) is 1.57. The third kappa shape index (κ3) is 4.00. The van der Waals surface area contributed by atoms with Gasteiger partial charge in [0.1, 0.15) is 6.10 Å². The van der Waals surface area contributed by atoms with Gasteiger partial charge < -0.3 is 20.1 Å². The van der Waals surface area contributed by atoms with E-state index in [2.05, 4.69) is 5.32 Å². The summed E-state index contributed by atoms with van der Waals surface area (Å²) < 4.78 is 5.56. The number of aliphatic hydroxyl groups excluding tert-OH is 1. The fourth-order valence-corrected chi connectivity index (χ4v) is 3.86. The Labute approximate surface area is 141 Å². The fraction of sp³-hybridized carbons (Fsp3) is 0.667. The number of thiophene rings is 1. The zero-order valence-electron chi connectivity index (χ0n) is 12.4. The summed E-state index contributed by atoms with van der Waals surface area (Å²) in [7, 11) is 0. The number of morpholine rings is 1. The molecule has 0 aliphatic carbocycles. The lowest BCUT2D eigenvalue weighted by molar-refractivity contribution is -0.146. The molecular formula is C15H23ClN2O3S. The SMILES string of the molecule is Cl.O=C(C1CNCCO1)N1CCCC1CC(O)c1cccs1. The Morgan fingerprint density at radius 3 is 3.14 bits per heavy atom. The minimum absolute atomic E-state index is 0. The number of halogens is 1. The van der Waals surface area contributed by atoms with Crippen LogP contribution in [0.2, 0.25) is 0 Å². The van der Waals surface area contributed by atoms with Gasteiger partial charge in [0, 0.05) is 30.6 Å². The number of rotatable bonds is 4. The molecule has 0 aromatic carbocycles. The zero-order chi connectivity index (χ0) is 14.7. The normalized spacial score (nSPS) is 26.5. The van der Waals surface area contributed by atoms with Crippen LogP contribution in [0.15, 0.2) is 17.5 Å². The van der Waals surface area contributed by atoms with E-state index in [1.807, 2.05) is 22.4 Å². The van der Waals surface area contributed by atoms with Crippen LogP contribution in [0.1, 0.15) is 30.2 Å². The topological polar surface area (TPSA) is 61.8 Å². The van der Waals surface area contributed by atoms with Crippen molar-refractivity contribution < 1.29 is 14.6 Å². The molecule has 5 nitrogen and oxygen atoms in total. The van der Waals surface area contributed by atoms with Gasteiger partial charge in [-0.25, -0.2) is 0 Å². The lowest BCUT2D eigenvalue weighted by Crippen LogP contribution is -2.50. The highest BCUT2D eigenvalue weighted by Crippen LogP contribution is 2.30. The minimum Gasteiger partial charge on any atom is -0.387 e. The second-order valence-electron chi connectivity index (χ2n) is 5.66. The summed E-state index contributed by atoms with van der Waals surface area (Å²) in [6, 6.07) is 4.02. The number of carbonyl (C=O) groups is 1. The summed E-state index contributed by atoms with van der Waals surface area (Å²) in [6.45, 7) is 2.77. The first kappa shape index (κ1) is 17.7. The number of likely N-dealkylation sites (tertiary alicyclic amines) is 1. The molecule has 124 valence electrons. The predicted molar refractivity (Wildman–Crippen MR) is 88.5 cm³/mol. The molecule has 2 N–H and O–H groups in total. The summed E-state index contributed by atoms with van der Waals surface area (Å²) in [5, 5.41) is 15.5. The van der Waals surface area contributed by atoms with E-state index in [0.717, 1.165) is 30.8 Å². The average molecular weight is 347 g/mol. The first-order chi connectivity index (χ1) is 10.3. The van der Waals surface area contributed by atoms with E-state index < -0.39 is 6.10 Å². The van der Waals surface area contributed by atoms with Gasteiger partial charge in [-0.1, -0.05) is 6.07 Å². The van der Waals surface area contributed by atoms with E-state index in [0.29, 0.717) is 19.6 Å². The van der Waals surface area contributed by atoms with E-state index in [4.69, 9.17) is 4.74 Å². The largest absolute Gasteiger partial charge is 0.387 e. The molecule has 22 heavy (non-hydrogen) atoms. The standard InChI is InChI=1S/C15H22N2O3S.ClH/c18-12(14-4-2-8-21-14)9-11-3-1-6-17(11)15(19)13-10-16-5-7-20-13;/h2,4,8,11-13,16,18H,1,3,5-7,9-10H2;1H. The minimum atomic E-state index is -0.478. The molecule has 2 fully saturated rings. The lowest BCUT2D eigenvalue weighted by Gasteiger charge is -2.31. The van der Waals surface area contributed by atoms with Gasteiger partial charge in [-0.15, -0.1) is 23.7 Å². The maximum absolute atomic E-state index is 12.6. The molecule has 3 heterocycles. The Morgan fingerprint density at radius 1 is 1.59 bits per heavy atom. The molecule has 2 aliphatic heterocycles. The number of aliphatic hydroxyl groups is 1. The van der Waals surface area contributed by atoms with Crippen molar-refractivity contribution in [2.45, 2.75) is 37.5 Å². The molecular weight excluding hydrogens is 324 g/mol. The second-order valence-corrected chi connectivity index (χ2v) is 6.64. The molecule has 1 amide bonds. The Balaban J connectivity index is 0.00000176. The fourth-order valence-electron chi connectivity index (χ4n) is 3.13. The first-order valence-corrected chi connectivity index (χ1v) is 8.48. The third-order valence-corrected chi connectivity index (χ3v) is 5.20. The molecule has 0 saturated carbocycles. The second kappa shape index (κ2) is 8.26. The number of nitrogens with one attached hydrogen (secondary N) is 1. The van der Waals surface area contributed by atoms with Crippen LogP contribution in [0.5, 0.6) is 0 Å². The lowest BCUT2D eigenvalue weighted by atomic mass is 10.1. The van der Waals surface area contributed by atoms with Crippen LogP contribution in [0.3, 0.4) is 0 Å². The molecule has 0 radical (unpaired) electrons. The summed E-state index contributed by atoms with van der Waals surface area (Å²) in [6.07, 6.45) is 1.75. The highest BCUT2D eigenvalue weighted by atomic mass is 35.5. The van der Waals surface area contributed by atoms with Crippen molar-refractivity contribution in [2.75, 3.05) is 26.2 Å². The van der Waals surface area contributed by atoms with Gasteiger partial charge in [0.05, 0.1) is 12.7 Å².